The van der Waals surface area contributed by atoms with Crippen molar-refractivity contribution in [3.63, 3.8) is 0 Å². The quantitative estimate of drug-likeness (QED) is 0.461. The minimum absolute atomic E-state index is 0.0678. The molecule has 2 rings (SSSR count). The number of benzene rings is 1. The number of carbonyl (C=O) groups is 4. The molecular weight excluding hydrogens is 322 g/mol. The van der Waals surface area contributed by atoms with Crippen molar-refractivity contribution in [1.29, 1.82) is 0 Å². The standard InChI is InChI=1S/C18H21N3O4/c1-4-10-20-16(23)17(24)21(18(20)25)11-15(22)19-12(3)14-8-6-13(5-2)7-9-14/h4,6-9,12H,1,5,10-11H2,2-3H3,(H,19,22)/t12-/m0/s1. The number of carbonyl (C=O) groups excluding carboxylic acids is 4. The highest BCUT2D eigenvalue weighted by atomic mass is 16.2. The summed E-state index contributed by atoms with van der Waals surface area (Å²) in [5, 5.41) is 2.73. The van der Waals surface area contributed by atoms with Gasteiger partial charge in [-0.15, -0.1) is 6.58 Å². The van der Waals surface area contributed by atoms with E-state index in [-0.39, 0.29) is 12.6 Å². The first-order valence-corrected chi connectivity index (χ1v) is 8.05. The molecule has 0 spiro atoms. The van der Waals surface area contributed by atoms with E-state index in [4.69, 9.17) is 0 Å². The Balaban J connectivity index is 1.99. The molecule has 0 bridgehead atoms. The fourth-order valence-corrected chi connectivity index (χ4v) is 2.54. The summed E-state index contributed by atoms with van der Waals surface area (Å²) in [6.45, 7) is 6.74. The molecule has 1 heterocycles. The number of hydrogen-bond donors (Lipinski definition) is 1. The third-order valence-corrected chi connectivity index (χ3v) is 4.01. The second-order valence-electron chi connectivity index (χ2n) is 5.76. The van der Waals surface area contributed by atoms with Gasteiger partial charge < -0.3 is 5.32 Å². The van der Waals surface area contributed by atoms with Crippen molar-refractivity contribution in [2.45, 2.75) is 26.3 Å². The molecule has 1 fully saturated rings. The molecule has 1 saturated heterocycles. The lowest BCUT2D eigenvalue weighted by Gasteiger charge is -2.18. The maximum absolute atomic E-state index is 12.2. The number of nitrogens with one attached hydrogen (secondary N) is 1. The molecule has 7 heteroatoms. The minimum atomic E-state index is -0.998. The zero-order valence-electron chi connectivity index (χ0n) is 14.3. The van der Waals surface area contributed by atoms with Crippen molar-refractivity contribution >= 4 is 23.8 Å². The lowest BCUT2D eigenvalue weighted by atomic mass is 10.1. The predicted octanol–water partition coefficient (Wildman–Crippen LogP) is 1.40. The van der Waals surface area contributed by atoms with Gasteiger partial charge >= 0.3 is 17.8 Å². The van der Waals surface area contributed by atoms with Gasteiger partial charge in [-0.1, -0.05) is 37.3 Å². The van der Waals surface area contributed by atoms with E-state index in [1.165, 1.54) is 11.6 Å². The van der Waals surface area contributed by atoms with Crippen LogP contribution >= 0.6 is 0 Å². The van der Waals surface area contributed by atoms with Crippen LogP contribution in [0.3, 0.4) is 0 Å². The molecule has 7 nitrogen and oxygen atoms in total. The molecule has 1 aromatic carbocycles. The van der Waals surface area contributed by atoms with Crippen molar-refractivity contribution in [3.05, 3.63) is 48.0 Å². The Kier molecular flexibility index (Phi) is 5.69. The van der Waals surface area contributed by atoms with Gasteiger partial charge in [-0.05, 0) is 24.5 Å². The van der Waals surface area contributed by atoms with Crippen LogP contribution in [0.5, 0.6) is 0 Å². The highest BCUT2D eigenvalue weighted by molar-refractivity contribution is 6.45. The van der Waals surface area contributed by atoms with Gasteiger partial charge in [-0.25, -0.2) is 9.69 Å². The zero-order valence-corrected chi connectivity index (χ0v) is 14.3. The first-order valence-electron chi connectivity index (χ1n) is 8.05. The van der Waals surface area contributed by atoms with Crippen molar-refractivity contribution in [3.8, 4) is 0 Å². The molecule has 0 aromatic heterocycles. The maximum atomic E-state index is 12.2. The molecule has 5 amide bonds. The maximum Gasteiger partial charge on any atom is 0.335 e. The van der Waals surface area contributed by atoms with Crippen LogP contribution in [-0.2, 0) is 20.8 Å². The Morgan fingerprint density at radius 2 is 1.76 bits per heavy atom. The van der Waals surface area contributed by atoms with Gasteiger partial charge in [0.05, 0.1) is 6.04 Å². The molecule has 0 unspecified atom stereocenters. The highest BCUT2D eigenvalue weighted by Crippen LogP contribution is 2.15. The van der Waals surface area contributed by atoms with E-state index in [0.717, 1.165) is 16.9 Å². The van der Waals surface area contributed by atoms with Crippen LogP contribution in [0, 0.1) is 0 Å². The molecule has 25 heavy (non-hydrogen) atoms. The van der Waals surface area contributed by atoms with Gasteiger partial charge in [0.2, 0.25) is 5.91 Å². The summed E-state index contributed by atoms with van der Waals surface area (Å²) >= 11 is 0. The van der Waals surface area contributed by atoms with Crippen LogP contribution in [0.25, 0.3) is 0 Å². The molecule has 1 aliphatic rings. The van der Waals surface area contributed by atoms with E-state index in [1.54, 1.807) is 0 Å². The summed E-state index contributed by atoms with van der Waals surface area (Å²) in [5.41, 5.74) is 2.10. The number of imide groups is 2. The average molecular weight is 343 g/mol. The van der Waals surface area contributed by atoms with Crippen LogP contribution in [-0.4, -0.2) is 46.6 Å². The topological polar surface area (TPSA) is 86.8 Å². The predicted molar refractivity (Wildman–Crippen MR) is 91.4 cm³/mol. The van der Waals surface area contributed by atoms with E-state index in [2.05, 4.69) is 18.8 Å². The Labute approximate surface area is 146 Å². The van der Waals surface area contributed by atoms with Crippen molar-refractivity contribution in [1.82, 2.24) is 15.1 Å². The van der Waals surface area contributed by atoms with E-state index in [1.807, 2.05) is 31.2 Å². The lowest BCUT2D eigenvalue weighted by molar-refractivity contribution is -0.143. The molecule has 1 aromatic rings. The van der Waals surface area contributed by atoms with Crippen molar-refractivity contribution < 1.29 is 19.2 Å². The molecule has 0 radical (unpaired) electrons. The highest BCUT2D eigenvalue weighted by Gasteiger charge is 2.44. The summed E-state index contributed by atoms with van der Waals surface area (Å²) in [5.74, 6) is -2.45. The summed E-state index contributed by atoms with van der Waals surface area (Å²) in [6.07, 6.45) is 2.27. The Bertz CT molecular complexity index is 712. The minimum Gasteiger partial charge on any atom is -0.348 e. The van der Waals surface area contributed by atoms with Gasteiger partial charge in [-0.3, -0.25) is 19.3 Å². The van der Waals surface area contributed by atoms with E-state index >= 15 is 0 Å². The average Bonchev–Trinajstić information content (AvgIpc) is 2.80. The number of hydrogen-bond acceptors (Lipinski definition) is 4. The van der Waals surface area contributed by atoms with Gasteiger partial charge in [-0.2, -0.15) is 0 Å². The summed E-state index contributed by atoms with van der Waals surface area (Å²) in [4.78, 5) is 49.2. The fraction of sp³-hybridized carbons (Fsp3) is 0.333. The zero-order chi connectivity index (χ0) is 18.6. The van der Waals surface area contributed by atoms with Gasteiger partial charge in [0.1, 0.15) is 6.54 Å². The molecule has 1 N–H and O–H groups in total. The van der Waals surface area contributed by atoms with Gasteiger partial charge in [0, 0.05) is 6.54 Å². The third kappa shape index (κ3) is 3.93. The molecule has 1 aliphatic heterocycles. The number of urea groups is 1. The second kappa shape index (κ2) is 7.74. The van der Waals surface area contributed by atoms with Crippen LogP contribution in [0.4, 0.5) is 4.79 Å². The largest absolute Gasteiger partial charge is 0.348 e. The Morgan fingerprint density at radius 1 is 1.16 bits per heavy atom. The molecular formula is C18H21N3O4. The van der Waals surface area contributed by atoms with Crippen LogP contribution in [0.15, 0.2) is 36.9 Å². The SMILES string of the molecule is C=CCN1C(=O)C(=O)N(CC(=O)N[C@@H](C)c2ccc(CC)cc2)C1=O. The summed E-state index contributed by atoms with van der Waals surface area (Å²) in [7, 11) is 0. The number of rotatable bonds is 7. The smallest absolute Gasteiger partial charge is 0.335 e. The Hall–Kier alpha value is -2.96. The van der Waals surface area contributed by atoms with E-state index in [0.29, 0.717) is 4.90 Å². The summed E-state index contributed by atoms with van der Waals surface area (Å²) in [6, 6.07) is 6.72. The Morgan fingerprint density at radius 3 is 2.32 bits per heavy atom. The molecule has 0 aliphatic carbocycles. The van der Waals surface area contributed by atoms with Crippen molar-refractivity contribution in [2.24, 2.45) is 0 Å². The number of nitrogens with zero attached hydrogens (tertiary/aromatic N) is 2. The normalized spacial score (nSPS) is 15.5. The van der Waals surface area contributed by atoms with E-state index in [9.17, 15) is 19.2 Å². The lowest BCUT2D eigenvalue weighted by Crippen LogP contribution is -2.42. The second-order valence-corrected chi connectivity index (χ2v) is 5.76. The molecule has 0 saturated carbocycles. The van der Waals surface area contributed by atoms with Gasteiger partial charge in [0.15, 0.2) is 0 Å². The van der Waals surface area contributed by atoms with Gasteiger partial charge in [0.25, 0.3) is 0 Å². The fourth-order valence-electron chi connectivity index (χ4n) is 2.54. The first kappa shape index (κ1) is 18.4. The van der Waals surface area contributed by atoms with Crippen LogP contribution in [0.2, 0.25) is 0 Å². The van der Waals surface area contributed by atoms with E-state index < -0.39 is 30.3 Å². The van der Waals surface area contributed by atoms with Crippen molar-refractivity contribution in [2.75, 3.05) is 13.1 Å². The van der Waals surface area contributed by atoms with Crippen LogP contribution < -0.4 is 5.32 Å². The number of amides is 5. The monoisotopic (exact) mass is 343 g/mol. The molecule has 1 atom stereocenters. The summed E-state index contributed by atoms with van der Waals surface area (Å²) < 4.78 is 0. The third-order valence-electron chi connectivity index (χ3n) is 4.01. The molecule has 132 valence electrons. The first-order chi connectivity index (χ1) is 11.9. The number of aryl methyl sites for hydroxylation is 1. The van der Waals surface area contributed by atoms with Crippen LogP contribution in [0.1, 0.15) is 31.0 Å².